The van der Waals surface area contributed by atoms with E-state index in [1.54, 1.807) is 0 Å². The lowest BCUT2D eigenvalue weighted by Crippen LogP contribution is -2.71. The molecule has 2 aliphatic heterocycles. The Morgan fingerprint density at radius 3 is 3.00 bits per heavy atom. The van der Waals surface area contributed by atoms with Crippen LogP contribution in [0.4, 0.5) is 5.69 Å². The summed E-state index contributed by atoms with van der Waals surface area (Å²) in [6.07, 6.45) is 6.68. The monoisotopic (exact) mass is 342 g/mol. The minimum Gasteiger partial charge on any atom is -0.482 e. The van der Waals surface area contributed by atoms with Crippen LogP contribution in [-0.4, -0.2) is 44.4 Å². The van der Waals surface area contributed by atoms with Gasteiger partial charge in [-0.3, -0.25) is 4.79 Å². The lowest BCUT2D eigenvalue weighted by atomic mass is 9.46. The molecule has 2 aliphatic carbocycles. The van der Waals surface area contributed by atoms with Crippen LogP contribution in [-0.2, 0) is 9.53 Å². The topological polar surface area (TPSA) is 50.8 Å². The smallest absolute Gasteiger partial charge is 0.265 e. The fraction of sp³-hybridized carbons (Fsp3) is 0.650. The molecule has 1 saturated heterocycles. The number of fused-ring (bicyclic) bond motifs is 3. The van der Waals surface area contributed by atoms with E-state index in [1.807, 2.05) is 29.2 Å². The van der Waals surface area contributed by atoms with Crippen LogP contribution in [0.2, 0.25) is 0 Å². The van der Waals surface area contributed by atoms with Gasteiger partial charge in [0.25, 0.3) is 5.91 Å². The third-order valence-corrected chi connectivity index (χ3v) is 6.77. The fourth-order valence-electron chi connectivity index (χ4n) is 5.45. The summed E-state index contributed by atoms with van der Waals surface area (Å²) in [5.74, 6) is 1.58. The van der Waals surface area contributed by atoms with E-state index < -0.39 is 0 Å². The first-order valence-corrected chi connectivity index (χ1v) is 9.67. The standard InChI is InChI=1S/C20H26N2O3/c23-17-13-25-16-6-2-1-5-15(16)22(17)11-4-10-21-18-14-7-12-24-19(14)20(18)8-3-9-20/h1-2,5-6,14,18-19,21H,3-4,7-13H2. The van der Waals surface area contributed by atoms with Crippen LogP contribution < -0.4 is 15.0 Å². The Bertz CT molecular complexity index is 673. The van der Waals surface area contributed by atoms with Crippen molar-refractivity contribution in [2.75, 3.05) is 31.2 Å². The van der Waals surface area contributed by atoms with Crippen molar-refractivity contribution in [3.05, 3.63) is 24.3 Å². The lowest BCUT2D eigenvalue weighted by molar-refractivity contribution is -0.175. The number of carbonyl (C=O) groups excluding carboxylic acids is 1. The van der Waals surface area contributed by atoms with E-state index in [9.17, 15) is 4.79 Å². The molecule has 5 rings (SSSR count). The first-order chi connectivity index (χ1) is 12.3. The van der Waals surface area contributed by atoms with Gasteiger partial charge in [0.15, 0.2) is 6.61 Å². The molecule has 4 aliphatic rings. The number of hydrogen-bond acceptors (Lipinski definition) is 4. The molecule has 25 heavy (non-hydrogen) atoms. The van der Waals surface area contributed by atoms with Crippen molar-refractivity contribution in [1.82, 2.24) is 5.32 Å². The minimum absolute atomic E-state index is 0.0575. The molecule has 1 amide bonds. The van der Waals surface area contributed by atoms with Crippen molar-refractivity contribution >= 4 is 11.6 Å². The Hall–Kier alpha value is -1.59. The van der Waals surface area contributed by atoms with E-state index >= 15 is 0 Å². The number of nitrogens with one attached hydrogen (secondary N) is 1. The maximum absolute atomic E-state index is 12.2. The van der Waals surface area contributed by atoms with Crippen LogP contribution >= 0.6 is 0 Å². The molecule has 1 aromatic carbocycles. The Morgan fingerprint density at radius 1 is 1.28 bits per heavy atom. The highest BCUT2D eigenvalue weighted by Gasteiger charge is 2.66. The summed E-state index contributed by atoms with van der Waals surface area (Å²) in [4.78, 5) is 14.1. The Kier molecular flexibility index (Phi) is 3.75. The van der Waals surface area contributed by atoms with Crippen LogP contribution in [0.3, 0.4) is 0 Å². The molecule has 0 aromatic heterocycles. The second kappa shape index (κ2) is 5.99. The predicted octanol–water partition coefficient (Wildman–Crippen LogP) is 2.35. The highest BCUT2D eigenvalue weighted by molar-refractivity contribution is 5.97. The van der Waals surface area contributed by atoms with Gasteiger partial charge in [-0.25, -0.2) is 0 Å². The summed E-state index contributed by atoms with van der Waals surface area (Å²) in [5.41, 5.74) is 1.34. The fourth-order valence-corrected chi connectivity index (χ4v) is 5.45. The molecule has 3 fully saturated rings. The first kappa shape index (κ1) is 15.6. The highest BCUT2D eigenvalue weighted by Crippen LogP contribution is 2.62. The van der Waals surface area contributed by atoms with Crippen LogP contribution in [0.5, 0.6) is 5.75 Å². The molecule has 0 radical (unpaired) electrons. The number of benzene rings is 1. The molecule has 1 N–H and O–H groups in total. The molecule has 0 bridgehead atoms. The third kappa shape index (κ3) is 2.32. The van der Waals surface area contributed by atoms with Gasteiger partial charge in [-0.15, -0.1) is 0 Å². The number of ether oxygens (including phenoxy) is 2. The quantitative estimate of drug-likeness (QED) is 0.835. The zero-order valence-electron chi connectivity index (χ0n) is 14.6. The summed E-state index contributed by atoms with van der Waals surface area (Å²) in [6.45, 7) is 2.80. The van der Waals surface area contributed by atoms with Crippen molar-refractivity contribution in [2.45, 2.75) is 44.2 Å². The summed E-state index contributed by atoms with van der Waals surface area (Å²) >= 11 is 0. The maximum atomic E-state index is 12.2. The van der Waals surface area contributed by atoms with Crippen molar-refractivity contribution in [1.29, 1.82) is 0 Å². The van der Waals surface area contributed by atoms with Gasteiger partial charge in [-0.05, 0) is 44.4 Å². The number of carbonyl (C=O) groups is 1. The minimum atomic E-state index is 0.0575. The van der Waals surface area contributed by atoms with Gasteiger partial charge >= 0.3 is 0 Å². The molecule has 134 valence electrons. The summed E-state index contributed by atoms with van der Waals surface area (Å²) < 4.78 is 11.5. The number of nitrogens with zero attached hydrogens (tertiary/aromatic N) is 1. The molecule has 1 spiro atoms. The normalized spacial score (nSPS) is 31.8. The van der Waals surface area contributed by atoms with E-state index in [1.165, 1.54) is 25.7 Å². The first-order valence-electron chi connectivity index (χ1n) is 9.67. The molecule has 1 aromatic rings. The van der Waals surface area contributed by atoms with Gasteiger partial charge in [0.05, 0.1) is 11.8 Å². The average molecular weight is 342 g/mol. The van der Waals surface area contributed by atoms with Gasteiger partial charge in [0.2, 0.25) is 0 Å². The highest BCUT2D eigenvalue weighted by atomic mass is 16.5. The second-order valence-corrected chi connectivity index (χ2v) is 7.92. The number of amides is 1. The molecule has 3 unspecified atom stereocenters. The van der Waals surface area contributed by atoms with Crippen molar-refractivity contribution in [2.24, 2.45) is 11.3 Å². The number of anilines is 1. The summed E-state index contributed by atoms with van der Waals surface area (Å²) in [7, 11) is 0. The summed E-state index contributed by atoms with van der Waals surface area (Å²) in [6, 6.07) is 8.43. The number of rotatable bonds is 5. The SMILES string of the molecule is O=C1COc2ccccc2N1CCCNC1C2CCOC2C12CCC2. The van der Waals surface area contributed by atoms with E-state index in [4.69, 9.17) is 9.47 Å². The Balaban J connectivity index is 1.17. The molecular weight excluding hydrogens is 316 g/mol. The Labute approximate surface area is 148 Å². The van der Waals surface area contributed by atoms with Crippen molar-refractivity contribution in [3.8, 4) is 5.75 Å². The number of hydrogen-bond donors (Lipinski definition) is 1. The molecule has 5 nitrogen and oxygen atoms in total. The zero-order valence-corrected chi connectivity index (χ0v) is 14.6. The molecule has 3 atom stereocenters. The van der Waals surface area contributed by atoms with Gasteiger partial charge in [-0.2, -0.15) is 0 Å². The van der Waals surface area contributed by atoms with E-state index in [2.05, 4.69) is 5.32 Å². The zero-order chi connectivity index (χ0) is 16.9. The molecule has 2 saturated carbocycles. The van der Waals surface area contributed by atoms with Crippen LogP contribution in [0, 0.1) is 11.3 Å². The van der Waals surface area contributed by atoms with Crippen LogP contribution in [0.25, 0.3) is 0 Å². The van der Waals surface area contributed by atoms with E-state index in [0.717, 1.165) is 37.6 Å². The average Bonchev–Trinajstić information content (AvgIpc) is 3.00. The summed E-state index contributed by atoms with van der Waals surface area (Å²) in [5, 5.41) is 3.81. The van der Waals surface area contributed by atoms with Crippen molar-refractivity contribution < 1.29 is 14.3 Å². The van der Waals surface area contributed by atoms with Crippen molar-refractivity contribution in [3.63, 3.8) is 0 Å². The second-order valence-electron chi connectivity index (χ2n) is 7.92. The van der Waals surface area contributed by atoms with Crippen LogP contribution in [0.15, 0.2) is 24.3 Å². The van der Waals surface area contributed by atoms with E-state index in [-0.39, 0.29) is 12.5 Å². The predicted molar refractivity (Wildman–Crippen MR) is 94.8 cm³/mol. The van der Waals surface area contributed by atoms with Gasteiger partial charge in [-0.1, -0.05) is 18.6 Å². The molecule has 2 heterocycles. The van der Waals surface area contributed by atoms with Gasteiger partial charge in [0.1, 0.15) is 5.75 Å². The lowest BCUT2D eigenvalue weighted by Gasteiger charge is -2.63. The van der Waals surface area contributed by atoms with E-state index in [0.29, 0.717) is 23.5 Å². The molecule has 5 heteroatoms. The largest absolute Gasteiger partial charge is 0.482 e. The van der Waals surface area contributed by atoms with Gasteiger partial charge in [0, 0.05) is 30.5 Å². The number of para-hydroxylation sites is 2. The maximum Gasteiger partial charge on any atom is 0.265 e. The Morgan fingerprint density at radius 2 is 2.16 bits per heavy atom. The third-order valence-electron chi connectivity index (χ3n) is 6.77. The van der Waals surface area contributed by atoms with Gasteiger partial charge < -0.3 is 19.7 Å². The van der Waals surface area contributed by atoms with Crippen LogP contribution in [0.1, 0.15) is 32.1 Å². The molecular formula is C20H26N2O3.